The van der Waals surface area contributed by atoms with E-state index in [2.05, 4.69) is 4.98 Å². The Balaban J connectivity index is 2.53. The van der Waals surface area contributed by atoms with Gasteiger partial charge in [0.15, 0.2) is 0 Å². The van der Waals surface area contributed by atoms with Crippen LogP contribution in [0.2, 0.25) is 0 Å². The van der Waals surface area contributed by atoms with Crippen molar-refractivity contribution in [1.82, 2.24) is 4.98 Å². The van der Waals surface area contributed by atoms with Crippen molar-refractivity contribution in [1.29, 1.82) is 5.26 Å². The summed E-state index contributed by atoms with van der Waals surface area (Å²) in [7, 11) is 0. The summed E-state index contributed by atoms with van der Waals surface area (Å²) < 4.78 is 0.745. The van der Waals surface area contributed by atoms with Crippen LogP contribution in [0.25, 0.3) is 10.2 Å². The van der Waals surface area contributed by atoms with E-state index in [1.54, 1.807) is 6.07 Å². The molecule has 2 aromatic rings. The molecular formula is C9H5N3O2S. The number of hydrogen-bond donors (Lipinski definition) is 0. The molecule has 74 valence electrons. The average Bonchev–Trinajstić information content (AvgIpc) is 2.59. The van der Waals surface area contributed by atoms with Crippen LogP contribution in [-0.2, 0) is 6.42 Å². The van der Waals surface area contributed by atoms with Crippen molar-refractivity contribution in [3.63, 3.8) is 0 Å². The van der Waals surface area contributed by atoms with Crippen LogP contribution in [0, 0.1) is 21.4 Å². The zero-order chi connectivity index (χ0) is 10.8. The van der Waals surface area contributed by atoms with Crippen LogP contribution in [0.5, 0.6) is 0 Å². The highest BCUT2D eigenvalue weighted by Crippen LogP contribution is 2.26. The molecule has 0 spiro atoms. The van der Waals surface area contributed by atoms with Crippen molar-refractivity contribution in [2.24, 2.45) is 0 Å². The highest BCUT2D eigenvalue weighted by atomic mass is 32.1. The number of fused-ring (bicyclic) bond motifs is 1. The number of nitro groups is 1. The minimum Gasteiger partial charge on any atom is -0.258 e. The van der Waals surface area contributed by atoms with Gasteiger partial charge in [-0.3, -0.25) is 10.1 Å². The molecule has 1 heterocycles. The van der Waals surface area contributed by atoms with Crippen LogP contribution in [0.4, 0.5) is 5.69 Å². The number of non-ortho nitro benzene ring substituents is 1. The molecule has 1 aromatic heterocycles. The summed E-state index contributed by atoms with van der Waals surface area (Å²) in [5, 5.41) is 19.7. The molecular weight excluding hydrogens is 214 g/mol. The van der Waals surface area contributed by atoms with Gasteiger partial charge < -0.3 is 0 Å². The van der Waals surface area contributed by atoms with Crippen LogP contribution in [0.3, 0.4) is 0 Å². The lowest BCUT2D eigenvalue weighted by Crippen LogP contribution is -1.85. The van der Waals surface area contributed by atoms with E-state index >= 15 is 0 Å². The summed E-state index contributed by atoms with van der Waals surface area (Å²) in [4.78, 5) is 14.2. The SMILES string of the molecule is N#CCc1nc2ccc([N+](=O)[O-])cc2s1. The molecule has 0 aliphatic rings. The Morgan fingerprint density at radius 1 is 1.60 bits per heavy atom. The lowest BCUT2D eigenvalue weighted by molar-refractivity contribution is -0.384. The second-order valence-electron chi connectivity index (χ2n) is 2.85. The minimum absolute atomic E-state index is 0.0506. The Morgan fingerprint density at radius 2 is 2.40 bits per heavy atom. The summed E-state index contributed by atoms with van der Waals surface area (Å²) >= 11 is 1.32. The molecule has 0 atom stereocenters. The molecule has 0 fully saturated rings. The minimum atomic E-state index is -0.441. The molecule has 1 aromatic carbocycles. The monoisotopic (exact) mass is 219 g/mol. The highest BCUT2D eigenvalue weighted by Gasteiger charge is 2.09. The fraction of sp³-hybridized carbons (Fsp3) is 0.111. The standard InChI is InChI=1S/C9H5N3O2S/c10-4-3-9-11-7-2-1-6(12(13)14)5-8(7)15-9/h1-2,5H,3H2. The van der Waals surface area contributed by atoms with Crippen LogP contribution < -0.4 is 0 Å². The molecule has 0 amide bonds. The fourth-order valence-electron chi connectivity index (χ4n) is 1.22. The van der Waals surface area contributed by atoms with Gasteiger partial charge in [0.05, 0.1) is 27.6 Å². The zero-order valence-electron chi connectivity index (χ0n) is 7.51. The second kappa shape index (κ2) is 3.63. The summed E-state index contributed by atoms with van der Waals surface area (Å²) in [5.74, 6) is 0. The average molecular weight is 219 g/mol. The molecule has 0 aliphatic carbocycles. The number of benzene rings is 1. The molecule has 0 radical (unpaired) electrons. The van der Waals surface area contributed by atoms with E-state index < -0.39 is 4.92 Å². The third kappa shape index (κ3) is 1.78. The van der Waals surface area contributed by atoms with Gasteiger partial charge in [-0.1, -0.05) is 0 Å². The van der Waals surface area contributed by atoms with Gasteiger partial charge in [-0.15, -0.1) is 11.3 Å². The van der Waals surface area contributed by atoms with Gasteiger partial charge in [-0.05, 0) is 6.07 Å². The maximum absolute atomic E-state index is 10.5. The Bertz CT molecular complexity index is 570. The Labute approximate surface area is 88.7 Å². The van der Waals surface area contributed by atoms with Gasteiger partial charge in [0.1, 0.15) is 5.01 Å². The molecule has 5 nitrogen and oxygen atoms in total. The molecule has 15 heavy (non-hydrogen) atoms. The van der Waals surface area contributed by atoms with Crippen molar-refractivity contribution in [2.75, 3.05) is 0 Å². The fourth-order valence-corrected chi connectivity index (χ4v) is 2.15. The molecule has 6 heteroatoms. The van der Waals surface area contributed by atoms with Crippen LogP contribution >= 0.6 is 11.3 Å². The lowest BCUT2D eigenvalue weighted by Gasteiger charge is -1.89. The molecule has 0 aliphatic heterocycles. The van der Waals surface area contributed by atoms with E-state index in [-0.39, 0.29) is 12.1 Å². The van der Waals surface area contributed by atoms with Gasteiger partial charge in [0.25, 0.3) is 5.69 Å². The first-order chi connectivity index (χ1) is 7.20. The second-order valence-corrected chi connectivity index (χ2v) is 3.97. The predicted molar refractivity (Wildman–Crippen MR) is 55.6 cm³/mol. The summed E-state index contributed by atoms with van der Waals surface area (Å²) in [5.41, 5.74) is 0.755. The number of hydrogen-bond acceptors (Lipinski definition) is 5. The van der Waals surface area contributed by atoms with E-state index in [0.717, 1.165) is 4.70 Å². The number of aromatic nitrogens is 1. The smallest absolute Gasteiger partial charge is 0.258 e. The highest BCUT2D eigenvalue weighted by molar-refractivity contribution is 7.18. The quantitative estimate of drug-likeness (QED) is 0.573. The number of nitro benzene ring substituents is 1. The number of nitrogens with zero attached hydrogens (tertiary/aromatic N) is 3. The summed E-state index contributed by atoms with van der Waals surface area (Å²) in [6, 6.07) is 6.49. The molecule has 2 rings (SSSR count). The molecule has 0 bridgehead atoms. The van der Waals surface area contributed by atoms with Gasteiger partial charge in [-0.25, -0.2) is 4.98 Å². The zero-order valence-corrected chi connectivity index (χ0v) is 8.32. The normalized spacial score (nSPS) is 10.1. The van der Waals surface area contributed by atoms with Gasteiger partial charge in [-0.2, -0.15) is 5.26 Å². The van der Waals surface area contributed by atoms with E-state index in [9.17, 15) is 10.1 Å². The van der Waals surface area contributed by atoms with Crippen LogP contribution in [0.1, 0.15) is 5.01 Å². The van der Waals surface area contributed by atoms with Gasteiger partial charge >= 0.3 is 0 Å². The van der Waals surface area contributed by atoms with Crippen molar-refractivity contribution in [3.8, 4) is 6.07 Å². The first kappa shape index (κ1) is 9.55. The van der Waals surface area contributed by atoms with Crippen LogP contribution in [-0.4, -0.2) is 9.91 Å². The molecule has 0 unspecified atom stereocenters. The van der Waals surface area contributed by atoms with Gasteiger partial charge in [0.2, 0.25) is 0 Å². The van der Waals surface area contributed by atoms with Crippen molar-refractivity contribution < 1.29 is 4.92 Å². The third-order valence-electron chi connectivity index (χ3n) is 1.86. The van der Waals surface area contributed by atoms with E-state index in [1.165, 1.54) is 23.5 Å². The first-order valence-corrected chi connectivity index (χ1v) is 4.93. The maximum atomic E-state index is 10.5. The Kier molecular flexibility index (Phi) is 2.31. The van der Waals surface area contributed by atoms with Crippen molar-refractivity contribution in [3.05, 3.63) is 33.3 Å². The van der Waals surface area contributed by atoms with Crippen molar-refractivity contribution >= 4 is 27.2 Å². The predicted octanol–water partition coefficient (Wildman–Crippen LogP) is 2.27. The number of thiazole rings is 1. The number of nitriles is 1. The Hall–Kier alpha value is -2.00. The van der Waals surface area contributed by atoms with Gasteiger partial charge in [0, 0.05) is 12.1 Å². The van der Waals surface area contributed by atoms with Crippen molar-refractivity contribution in [2.45, 2.75) is 6.42 Å². The lowest BCUT2D eigenvalue weighted by atomic mass is 10.3. The molecule has 0 saturated carbocycles. The van der Waals surface area contributed by atoms with E-state index in [0.29, 0.717) is 10.5 Å². The largest absolute Gasteiger partial charge is 0.270 e. The Morgan fingerprint density at radius 3 is 3.07 bits per heavy atom. The third-order valence-corrected chi connectivity index (χ3v) is 2.88. The van der Waals surface area contributed by atoms with Crippen LogP contribution in [0.15, 0.2) is 18.2 Å². The molecule has 0 N–H and O–H groups in total. The topological polar surface area (TPSA) is 79.8 Å². The first-order valence-electron chi connectivity index (χ1n) is 4.11. The maximum Gasteiger partial charge on any atom is 0.270 e. The molecule has 0 saturated heterocycles. The van der Waals surface area contributed by atoms with E-state index in [1.807, 2.05) is 6.07 Å². The van der Waals surface area contributed by atoms with E-state index in [4.69, 9.17) is 5.26 Å². The summed E-state index contributed by atoms with van der Waals surface area (Å²) in [6.07, 6.45) is 0.243. The number of rotatable bonds is 2. The summed E-state index contributed by atoms with van der Waals surface area (Å²) in [6.45, 7) is 0.